The van der Waals surface area contributed by atoms with Crippen LogP contribution in [0, 0.1) is 24.0 Å². The Morgan fingerprint density at radius 1 is 1.31 bits per heavy atom. The van der Waals surface area contributed by atoms with Gasteiger partial charge in [-0.15, -0.1) is 0 Å². The molecule has 0 aliphatic heterocycles. The van der Waals surface area contributed by atoms with Crippen LogP contribution in [0.4, 0.5) is 11.4 Å². The molecule has 2 rings (SSSR count). The zero-order chi connectivity index (χ0) is 19.3. The maximum absolute atomic E-state index is 11.8. The Morgan fingerprint density at radius 3 is 2.50 bits per heavy atom. The summed E-state index contributed by atoms with van der Waals surface area (Å²) in [5.74, 6) is -1.21. The van der Waals surface area contributed by atoms with E-state index in [1.807, 2.05) is 13.8 Å². The van der Waals surface area contributed by atoms with Gasteiger partial charge < -0.3 is 10.1 Å². The van der Waals surface area contributed by atoms with Gasteiger partial charge in [0.25, 0.3) is 11.6 Å². The lowest BCUT2D eigenvalue weighted by Gasteiger charge is -2.05. The third-order valence-electron chi connectivity index (χ3n) is 3.66. The SMILES string of the molecule is Cc1nn(C)c(C)c1/C=C/C(=O)OCC(=O)Nc1ccc([N+](=O)[O-])cc1. The van der Waals surface area contributed by atoms with Gasteiger partial charge in [-0.3, -0.25) is 19.6 Å². The van der Waals surface area contributed by atoms with Gasteiger partial charge in [-0.1, -0.05) is 0 Å². The van der Waals surface area contributed by atoms with Gasteiger partial charge in [-0.2, -0.15) is 5.10 Å². The molecule has 0 fully saturated rings. The van der Waals surface area contributed by atoms with Crippen LogP contribution in [-0.4, -0.2) is 33.2 Å². The van der Waals surface area contributed by atoms with Gasteiger partial charge in [-0.05, 0) is 32.1 Å². The van der Waals surface area contributed by atoms with E-state index in [1.165, 1.54) is 30.3 Å². The number of rotatable bonds is 6. The molecule has 26 heavy (non-hydrogen) atoms. The lowest BCUT2D eigenvalue weighted by Crippen LogP contribution is -2.20. The Morgan fingerprint density at radius 2 is 1.96 bits per heavy atom. The first-order valence-electron chi connectivity index (χ1n) is 7.67. The number of anilines is 1. The van der Waals surface area contributed by atoms with E-state index in [1.54, 1.807) is 17.8 Å². The van der Waals surface area contributed by atoms with Gasteiger partial charge in [0, 0.05) is 42.2 Å². The number of nitrogens with zero attached hydrogens (tertiary/aromatic N) is 3. The Hall–Kier alpha value is -3.49. The molecule has 1 amide bonds. The summed E-state index contributed by atoms with van der Waals surface area (Å²) < 4.78 is 6.58. The normalized spacial score (nSPS) is 10.7. The highest BCUT2D eigenvalue weighted by molar-refractivity contribution is 5.94. The van der Waals surface area contributed by atoms with Crippen LogP contribution in [0.15, 0.2) is 30.3 Å². The first kappa shape index (κ1) is 18.8. The highest BCUT2D eigenvalue weighted by atomic mass is 16.6. The molecule has 1 aromatic heterocycles. The van der Waals surface area contributed by atoms with Crippen LogP contribution in [0.3, 0.4) is 0 Å². The van der Waals surface area contributed by atoms with E-state index in [0.717, 1.165) is 17.0 Å². The number of hydrogen-bond donors (Lipinski definition) is 1. The molecular formula is C17H18N4O5. The van der Waals surface area contributed by atoms with E-state index in [4.69, 9.17) is 4.74 Å². The molecule has 0 saturated carbocycles. The topological polar surface area (TPSA) is 116 Å². The van der Waals surface area contributed by atoms with Crippen LogP contribution in [0.1, 0.15) is 17.0 Å². The fourth-order valence-corrected chi connectivity index (χ4v) is 2.23. The highest BCUT2D eigenvalue weighted by Gasteiger charge is 2.09. The number of nitro benzene ring substituents is 1. The fraction of sp³-hybridized carbons (Fsp3) is 0.235. The molecule has 0 atom stereocenters. The lowest BCUT2D eigenvalue weighted by atomic mass is 10.2. The molecule has 0 unspecified atom stereocenters. The maximum Gasteiger partial charge on any atom is 0.331 e. The number of carbonyl (C=O) groups is 2. The van der Waals surface area contributed by atoms with Crippen LogP contribution in [-0.2, 0) is 21.4 Å². The Bertz CT molecular complexity index is 868. The number of amides is 1. The van der Waals surface area contributed by atoms with Gasteiger partial charge in [0.15, 0.2) is 6.61 Å². The van der Waals surface area contributed by atoms with Crippen molar-refractivity contribution in [3.8, 4) is 0 Å². The number of aryl methyl sites for hydroxylation is 2. The third kappa shape index (κ3) is 4.76. The van der Waals surface area contributed by atoms with Crippen LogP contribution >= 0.6 is 0 Å². The minimum Gasteiger partial charge on any atom is -0.452 e. The van der Waals surface area contributed by atoms with Crippen LogP contribution in [0.2, 0.25) is 0 Å². The minimum absolute atomic E-state index is 0.0828. The van der Waals surface area contributed by atoms with Crippen molar-refractivity contribution in [3.63, 3.8) is 0 Å². The second kappa shape index (κ2) is 8.06. The van der Waals surface area contributed by atoms with Gasteiger partial charge in [0.1, 0.15) is 0 Å². The van der Waals surface area contributed by atoms with Gasteiger partial charge >= 0.3 is 5.97 Å². The molecule has 0 radical (unpaired) electrons. The van der Waals surface area contributed by atoms with Crippen LogP contribution in [0.25, 0.3) is 6.08 Å². The molecule has 9 nitrogen and oxygen atoms in total. The molecule has 0 saturated heterocycles. The zero-order valence-corrected chi connectivity index (χ0v) is 14.6. The monoisotopic (exact) mass is 358 g/mol. The molecule has 1 N–H and O–H groups in total. The summed E-state index contributed by atoms with van der Waals surface area (Å²) in [4.78, 5) is 33.5. The van der Waals surface area contributed by atoms with E-state index in [9.17, 15) is 19.7 Å². The molecule has 1 heterocycles. The average molecular weight is 358 g/mol. The molecule has 2 aromatic rings. The number of carbonyl (C=O) groups excluding carboxylic acids is 2. The number of nitro groups is 1. The van der Waals surface area contributed by atoms with Crippen molar-refractivity contribution in [2.24, 2.45) is 7.05 Å². The number of ether oxygens (including phenoxy) is 1. The van der Waals surface area contributed by atoms with Gasteiger partial charge in [0.2, 0.25) is 0 Å². The van der Waals surface area contributed by atoms with Crippen LogP contribution < -0.4 is 5.32 Å². The van der Waals surface area contributed by atoms with Crippen molar-refractivity contribution in [1.29, 1.82) is 0 Å². The molecule has 136 valence electrons. The number of esters is 1. The summed E-state index contributed by atoms with van der Waals surface area (Å²) in [5.41, 5.74) is 2.79. The van der Waals surface area contributed by atoms with Crippen molar-refractivity contribution in [2.45, 2.75) is 13.8 Å². The second-order valence-electron chi connectivity index (χ2n) is 5.50. The predicted molar refractivity (Wildman–Crippen MR) is 94.4 cm³/mol. The van der Waals surface area contributed by atoms with Crippen molar-refractivity contribution >= 4 is 29.3 Å². The zero-order valence-electron chi connectivity index (χ0n) is 14.6. The van der Waals surface area contributed by atoms with Crippen LogP contribution in [0.5, 0.6) is 0 Å². The molecular weight excluding hydrogens is 340 g/mol. The molecule has 1 aromatic carbocycles. The van der Waals surface area contributed by atoms with Gasteiger partial charge in [-0.25, -0.2) is 4.79 Å². The van der Waals surface area contributed by atoms with Gasteiger partial charge in [0.05, 0.1) is 10.6 Å². The summed E-state index contributed by atoms with van der Waals surface area (Å²) in [6, 6.07) is 5.32. The van der Waals surface area contributed by atoms with E-state index in [-0.39, 0.29) is 5.69 Å². The Balaban J connectivity index is 1.85. The van der Waals surface area contributed by atoms with Crippen molar-refractivity contribution in [2.75, 3.05) is 11.9 Å². The van der Waals surface area contributed by atoms with Crippen molar-refractivity contribution in [1.82, 2.24) is 9.78 Å². The number of hydrogen-bond acceptors (Lipinski definition) is 6. The fourth-order valence-electron chi connectivity index (χ4n) is 2.23. The number of aromatic nitrogens is 2. The third-order valence-corrected chi connectivity index (χ3v) is 3.66. The summed E-state index contributed by atoms with van der Waals surface area (Å²) in [6.45, 7) is 3.24. The quantitative estimate of drug-likeness (QED) is 0.366. The molecule has 0 aliphatic carbocycles. The number of benzene rings is 1. The molecule has 9 heteroatoms. The van der Waals surface area contributed by atoms with E-state index in [2.05, 4.69) is 10.4 Å². The largest absolute Gasteiger partial charge is 0.452 e. The Kier molecular flexibility index (Phi) is 5.84. The highest BCUT2D eigenvalue weighted by Crippen LogP contribution is 2.15. The summed E-state index contributed by atoms with van der Waals surface area (Å²) in [5, 5.41) is 17.3. The average Bonchev–Trinajstić information content (AvgIpc) is 2.84. The van der Waals surface area contributed by atoms with E-state index >= 15 is 0 Å². The standard InChI is InChI=1S/C17H18N4O5/c1-11-15(12(2)20(3)19-11)8-9-17(23)26-10-16(22)18-13-4-6-14(7-5-13)21(24)25/h4-9H,10H2,1-3H3,(H,18,22)/b9-8+. The first-order valence-corrected chi connectivity index (χ1v) is 7.67. The second-order valence-corrected chi connectivity index (χ2v) is 5.50. The number of non-ortho nitro benzene ring substituents is 1. The summed E-state index contributed by atoms with van der Waals surface area (Å²) in [6.07, 6.45) is 2.82. The Labute approximate surface area is 149 Å². The van der Waals surface area contributed by atoms with Crippen molar-refractivity contribution < 1.29 is 19.2 Å². The summed E-state index contributed by atoms with van der Waals surface area (Å²) >= 11 is 0. The van der Waals surface area contributed by atoms with E-state index < -0.39 is 23.4 Å². The molecule has 0 aliphatic rings. The first-order chi connectivity index (χ1) is 12.3. The summed E-state index contributed by atoms with van der Waals surface area (Å²) in [7, 11) is 1.81. The smallest absolute Gasteiger partial charge is 0.331 e. The predicted octanol–water partition coefficient (Wildman–Crippen LogP) is 2.14. The maximum atomic E-state index is 11.8. The van der Waals surface area contributed by atoms with E-state index in [0.29, 0.717) is 5.69 Å². The number of nitrogens with one attached hydrogen (secondary N) is 1. The lowest BCUT2D eigenvalue weighted by molar-refractivity contribution is -0.384. The minimum atomic E-state index is -0.661. The molecule has 0 bridgehead atoms. The van der Waals surface area contributed by atoms with Crippen molar-refractivity contribution in [3.05, 3.63) is 57.4 Å². The molecule has 0 spiro atoms.